The van der Waals surface area contributed by atoms with Crippen molar-refractivity contribution in [2.45, 2.75) is 24.9 Å². The number of amides is 2. The Morgan fingerprint density at radius 2 is 1.92 bits per heavy atom. The maximum Gasteiger partial charge on any atom is 0.326 e. The number of esters is 1. The predicted molar refractivity (Wildman–Crippen MR) is 87.1 cm³/mol. The molecule has 3 rings (SSSR count). The number of ether oxygens (including phenoxy) is 1. The Bertz CT molecular complexity index is 705. The molecule has 2 saturated heterocycles. The van der Waals surface area contributed by atoms with Crippen LogP contribution < -0.4 is 5.32 Å². The Kier molecular flexibility index (Phi) is 4.13. The van der Waals surface area contributed by atoms with Crippen LogP contribution in [-0.2, 0) is 19.1 Å². The molecule has 1 aromatic rings. The normalized spacial score (nSPS) is 32.2. The van der Waals surface area contributed by atoms with Crippen molar-refractivity contribution in [2.75, 3.05) is 14.2 Å². The van der Waals surface area contributed by atoms with Crippen LogP contribution in [0.1, 0.15) is 24.9 Å². The van der Waals surface area contributed by atoms with Crippen molar-refractivity contribution >= 4 is 29.4 Å². The first kappa shape index (κ1) is 16.9. The third-order valence-corrected chi connectivity index (χ3v) is 5.46. The van der Waals surface area contributed by atoms with Crippen LogP contribution in [0.5, 0.6) is 0 Å². The molecule has 1 aromatic carbocycles. The van der Waals surface area contributed by atoms with Crippen LogP contribution in [0.15, 0.2) is 24.3 Å². The minimum absolute atomic E-state index is 0.281. The van der Waals surface area contributed by atoms with E-state index in [4.69, 9.17) is 16.3 Å². The van der Waals surface area contributed by atoms with Crippen LogP contribution in [0.3, 0.4) is 0 Å². The molecule has 0 radical (unpaired) electrons. The Morgan fingerprint density at radius 1 is 1.29 bits per heavy atom. The molecule has 0 aromatic heterocycles. The molecule has 0 spiro atoms. The Morgan fingerprint density at radius 3 is 2.46 bits per heavy atom. The van der Waals surface area contributed by atoms with Gasteiger partial charge < -0.3 is 4.74 Å². The molecule has 1 N–H and O–H groups in total. The maximum atomic E-state index is 12.7. The van der Waals surface area contributed by atoms with Gasteiger partial charge in [0, 0.05) is 18.1 Å². The summed E-state index contributed by atoms with van der Waals surface area (Å²) >= 11 is 5.94. The molecule has 2 heterocycles. The number of halogens is 1. The largest absolute Gasteiger partial charge is 0.468 e. The van der Waals surface area contributed by atoms with Crippen molar-refractivity contribution in [1.82, 2.24) is 10.2 Å². The Labute approximate surface area is 145 Å². The van der Waals surface area contributed by atoms with Crippen molar-refractivity contribution in [1.29, 1.82) is 0 Å². The van der Waals surface area contributed by atoms with Crippen LogP contribution in [0, 0.1) is 11.8 Å². The van der Waals surface area contributed by atoms with Crippen molar-refractivity contribution in [3.8, 4) is 0 Å². The molecule has 2 aliphatic heterocycles. The zero-order valence-corrected chi connectivity index (χ0v) is 14.5. The second kappa shape index (κ2) is 5.86. The van der Waals surface area contributed by atoms with Crippen LogP contribution in [0.4, 0.5) is 0 Å². The fourth-order valence-electron chi connectivity index (χ4n) is 3.94. The van der Waals surface area contributed by atoms with Crippen molar-refractivity contribution < 1.29 is 19.1 Å². The zero-order chi connectivity index (χ0) is 17.6. The van der Waals surface area contributed by atoms with E-state index < -0.39 is 29.4 Å². The number of benzene rings is 1. The minimum Gasteiger partial charge on any atom is -0.468 e. The van der Waals surface area contributed by atoms with E-state index in [9.17, 15) is 14.4 Å². The number of hydrogen-bond acceptors (Lipinski definition) is 5. The van der Waals surface area contributed by atoms with Gasteiger partial charge in [0.25, 0.3) is 0 Å². The lowest BCUT2D eigenvalue weighted by atomic mass is 9.78. The molecule has 0 bridgehead atoms. The van der Waals surface area contributed by atoms with Crippen molar-refractivity contribution in [3.63, 3.8) is 0 Å². The summed E-state index contributed by atoms with van der Waals surface area (Å²) < 4.78 is 4.95. The highest BCUT2D eigenvalue weighted by Gasteiger charge is 2.67. The molecular formula is C17H19ClN2O4. The van der Waals surface area contributed by atoms with Gasteiger partial charge in [-0.1, -0.05) is 30.7 Å². The van der Waals surface area contributed by atoms with Crippen LogP contribution >= 0.6 is 11.6 Å². The van der Waals surface area contributed by atoms with E-state index in [1.165, 1.54) is 14.2 Å². The number of likely N-dealkylation sites (tertiary alicyclic amines) is 1. The summed E-state index contributed by atoms with van der Waals surface area (Å²) in [5, 5.41) is 3.82. The highest BCUT2D eigenvalue weighted by Crippen LogP contribution is 2.50. The fourth-order valence-corrected chi connectivity index (χ4v) is 4.07. The first-order valence-corrected chi connectivity index (χ1v) is 8.18. The zero-order valence-electron chi connectivity index (χ0n) is 13.7. The summed E-state index contributed by atoms with van der Waals surface area (Å²) in [6.45, 7) is 1.81. The number of fused-ring (bicyclic) bond motifs is 1. The molecule has 24 heavy (non-hydrogen) atoms. The van der Waals surface area contributed by atoms with E-state index in [2.05, 4.69) is 5.32 Å². The van der Waals surface area contributed by atoms with E-state index in [-0.39, 0.29) is 11.8 Å². The lowest BCUT2D eigenvalue weighted by molar-refractivity contribution is -0.154. The van der Waals surface area contributed by atoms with E-state index in [1.807, 2.05) is 0 Å². The average Bonchev–Trinajstić information content (AvgIpc) is 3.05. The monoisotopic (exact) mass is 350 g/mol. The van der Waals surface area contributed by atoms with Gasteiger partial charge in [-0.3, -0.25) is 24.6 Å². The lowest BCUT2D eigenvalue weighted by Crippen LogP contribution is -2.55. The highest BCUT2D eigenvalue weighted by molar-refractivity contribution is 6.30. The molecule has 0 saturated carbocycles. The number of imide groups is 1. The van der Waals surface area contributed by atoms with Gasteiger partial charge in [0.1, 0.15) is 5.54 Å². The van der Waals surface area contributed by atoms with E-state index in [1.54, 1.807) is 31.2 Å². The third kappa shape index (κ3) is 2.17. The molecule has 2 aliphatic rings. The van der Waals surface area contributed by atoms with Gasteiger partial charge in [-0.15, -0.1) is 0 Å². The van der Waals surface area contributed by atoms with E-state index >= 15 is 0 Å². The van der Waals surface area contributed by atoms with Gasteiger partial charge in [0.05, 0.1) is 18.9 Å². The number of carbonyl (C=O) groups excluding carboxylic acids is 3. The van der Waals surface area contributed by atoms with Crippen molar-refractivity contribution in [2.24, 2.45) is 11.8 Å². The second-order valence-corrected chi connectivity index (χ2v) is 6.67. The highest BCUT2D eigenvalue weighted by atomic mass is 35.5. The first-order valence-electron chi connectivity index (χ1n) is 7.80. The maximum absolute atomic E-state index is 12.7. The topological polar surface area (TPSA) is 75.7 Å². The van der Waals surface area contributed by atoms with Gasteiger partial charge in [-0.25, -0.2) is 0 Å². The number of carbonyl (C=O) groups is 3. The number of nitrogens with zero attached hydrogens (tertiary/aromatic N) is 1. The summed E-state index contributed by atoms with van der Waals surface area (Å²) in [4.78, 5) is 38.9. The molecular weight excluding hydrogens is 332 g/mol. The number of rotatable bonds is 3. The van der Waals surface area contributed by atoms with Gasteiger partial charge in [0.15, 0.2) is 0 Å². The Hall–Kier alpha value is -1.92. The summed E-state index contributed by atoms with van der Waals surface area (Å²) in [6.07, 6.45) is 0.345. The quantitative estimate of drug-likeness (QED) is 0.661. The van der Waals surface area contributed by atoms with Gasteiger partial charge in [-0.05, 0) is 24.1 Å². The molecule has 2 fully saturated rings. The first-order chi connectivity index (χ1) is 11.4. The summed E-state index contributed by atoms with van der Waals surface area (Å²) in [7, 11) is 2.75. The summed E-state index contributed by atoms with van der Waals surface area (Å²) in [6, 6.07) is 6.60. The molecule has 6 nitrogen and oxygen atoms in total. The molecule has 7 heteroatoms. The lowest BCUT2D eigenvalue weighted by Gasteiger charge is -2.30. The van der Waals surface area contributed by atoms with E-state index in [0.717, 1.165) is 10.5 Å². The van der Waals surface area contributed by atoms with E-state index in [0.29, 0.717) is 11.4 Å². The SMILES string of the molecule is CC[C@]1(C(=O)OC)N[C@H](c2ccc(Cl)cc2)[C@@H]2C(=O)N(C)C(=O)[C@H]21. The molecule has 2 amide bonds. The summed E-state index contributed by atoms with van der Waals surface area (Å²) in [5.74, 6) is -2.55. The minimum atomic E-state index is -1.21. The molecule has 4 atom stereocenters. The molecule has 0 unspecified atom stereocenters. The Balaban J connectivity index is 2.12. The van der Waals surface area contributed by atoms with Crippen LogP contribution in [-0.4, -0.2) is 42.4 Å². The number of hydrogen-bond donors (Lipinski definition) is 1. The molecule has 0 aliphatic carbocycles. The van der Waals surface area contributed by atoms with Crippen LogP contribution in [0.2, 0.25) is 5.02 Å². The average molecular weight is 351 g/mol. The van der Waals surface area contributed by atoms with Crippen molar-refractivity contribution in [3.05, 3.63) is 34.9 Å². The van der Waals surface area contributed by atoms with Gasteiger partial charge in [0.2, 0.25) is 11.8 Å². The van der Waals surface area contributed by atoms with Gasteiger partial charge in [-0.2, -0.15) is 0 Å². The predicted octanol–water partition coefficient (Wildman–Crippen LogP) is 1.54. The smallest absolute Gasteiger partial charge is 0.326 e. The van der Waals surface area contributed by atoms with Gasteiger partial charge >= 0.3 is 5.97 Å². The summed E-state index contributed by atoms with van der Waals surface area (Å²) in [5.41, 5.74) is -0.397. The number of nitrogens with one attached hydrogen (secondary N) is 1. The van der Waals surface area contributed by atoms with Crippen LogP contribution in [0.25, 0.3) is 0 Å². The second-order valence-electron chi connectivity index (χ2n) is 6.23. The standard InChI is InChI=1S/C17H19ClN2O4/c1-4-17(16(23)24-3)12-11(14(21)20(2)15(12)22)13(19-17)9-5-7-10(18)8-6-9/h5-8,11-13,19H,4H2,1-3H3/t11-,12+,13-,17+/m1/s1. The fraction of sp³-hybridized carbons (Fsp3) is 0.471. The number of methoxy groups -OCH3 is 1. The third-order valence-electron chi connectivity index (χ3n) is 5.21. The molecule has 128 valence electrons.